The van der Waals surface area contributed by atoms with Crippen LogP contribution in [0.2, 0.25) is 5.02 Å². The molecule has 0 N–H and O–H groups in total. The van der Waals surface area contributed by atoms with Crippen LogP contribution in [-0.2, 0) is 16.0 Å². The van der Waals surface area contributed by atoms with Gasteiger partial charge < -0.3 is 9.80 Å². The van der Waals surface area contributed by atoms with Crippen LogP contribution >= 0.6 is 34.7 Å². The van der Waals surface area contributed by atoms with Crippen LogP contribution in [0.1, 0.15) is 35.4 Å². The third-order valence-corrected chi connectivity index (χ3v) is 8.00. The molecule has 1 aliphatic rings. The minimum absolute atomic E-state index is 0.00433. The Labute approximate surface area is 208 Å². The van der Waals surface area contributed by atoms with Crippen LogP contribution in [-0.4, -0.2) is 47.0 Å². The SMILES string of the molecule is CCCN(CC(=O)N1CCc2sccc2C1c1ccc(Cl)cc1)C(=O)CSc1ccccc1. The Kier molecular flexibility index (Phi) is 8.12. The third kappa shape index (κ3) is 5.81. The van der Waals surface area contributed by atoms with Crippen LogP contribution in [0.25, 0.3) is 0 Å². The van der Waals surface area contributed by atoms with E-state index in [2.05, 4.69) is 11.4 Å². The van der Waals surface area contributed by atoms with Crippen molar-refractivity contribution >= 4 is 46.5 Å². The fraction of sp³-hybridized carbons (Fsp3) is 0.308. The average Bonchev–Trinajstić information content (AvgIpc) is 3.32. The second kappa shape index (κ2) is 11.2. The van der Waals surface area contributed by atoms with Gasteiger partial charge in [0.1, 0.15) is 0 Å². The number of hydrogen-bond donors (Lipinski definition) is 0. The van der Waals surface area contributed by atoms with E-state index in [1.165, 1.54) is 22.2 Å². The van der Waals surface area contributed by atoms with Gasteiger partial charge in [0, 0.05) is 27.9 Å². The maximum atomic E-state index is 13.5. The van der Waals surface area contributed by atoms with Gasteiger partial charge >= 0.3 is 0 Å². The first kappa shape index (κ1) is 23.9. The number of thiophene rings is 1. The van der Waals surface area contributed by atoms with Crippen molar-refractivity contribution in [1.29, 1.82) is 0 Å². The molecule has 7 heteroatoms. The van der Waals surface area contributed by atoms with E-state index in [1.807, 2.05) is 66.4 Å². The lowest BCUT2D eigenvalue weighted by atomic mass is 9.93. The van der Waals surface area contributed by atoms with Gasteiger partial charge in [0.25, 0.3) is 0 Å². The van der Waals surface area contributed by atoms with E-state index in [0.717, 1.165) is 23.3 Å². The van der Waals surface area contributed by atoms with Gasteiger partial charge in [0.2, 0.25) is 11.8 Å². The predicted molar refractivity (Wildman–Crippen MR) is 137 cm³/mol. The molecule has 0 radical (unpaired) electrons. The third-order valence-electron chi connectivity index (χ3n) is 5.75. The van der Waals surface area contributed by atoms with Crippen LogP contribution in [0, 0.1) is 0 Å². The van der Waals surface area contributed by atoms with Crippen molar-refractivity contribution in [1.82, 2.24) is 9.80 Å². The zero-order valence-electron chi connectivity index (χ0n) is 18.6. The molecule has 1 aromatic heterocycles. The lowest BCUT2D eigenvalue weighted by molar-refractivity contribution is -0.140. The van der Waals surface area contributed by atoms with Gasteiger partial charge in [-0.25, -0.2) is 0 Å². The summed E-state index contributed by atoms with van der Waals surface area (Å²) in [6, 6.07) is 19.6. The molecule has 0 fully saturated rings. The number of rotatable bonds is 8. The summed E-state index contributed by atoms with van der Waals surface area (Å²) in [6.45, 7) is 3.35. The number of nitrogens with zero attached hydrogens (tertiary/aromatic N) is 2. The Bertz CT molecular complexity index is 1090. The fourth-order valence-electron chi connectivity index (χ4n) is 4.16. The highest BCUT2D eigenvalue weighted by Crippen LogP contribution is 2.38. The minimum Gasteiger partial charge on any atom is -0.333 e. The van der Waals surface area contributed by atoms with Gasteiger partial charge in [-0.1, -0.05) is 48.9 Å². The Balaban J connectivity index is 1.50. The molecule has 0 spiro atoms. The lowest BCUT2D eigenvalue weighted by Crippen LogP contribution is -2.47. The molecule has 1 atom stereocenters. The van der Waals surface area contributed by atoms with E-state index < -0.39 is 0 Å². The molecule has 4 rings (SSSR count). The monoisotopic (exact) mass is 498 g/mol. The summed E-state index contributed by atoms with van der Waals surface area (Å²) in [7, 11) is 0. The van der Waals surface area contributed by atoms with Crippen molar-refractivity contribution in [2.24, 2.45) is 0 Å². The molecule has 2 heterocycles. The number of benzene rings is 2. The molecule has 0 bridgehead atoms. The van der Waals surface area contributed by atoms with Gasteiger partial charge in [-0.15, -0.1) is 23.1 Å². The predicted octanol–water partition coefficient (Wildman–Crippen LogP) is 5.91. The van der Waals surface area contributed by atoms with Crippen LogP contribution in [0.4, 0.5) is 0 Å². The van der Waals surface area contributed by atoms with Gasteiger partial charge in [-0.05, 0) is 59.7 Å². The van der Waals surface area contributed by atoms with Crippen LogP contribution in [0.5, 0.6) is 0 Å². The fourth-order valence-corrected chi connectivity index (χ4v) is 6.01. The maximum Gasteiger partial charge on any atom is 0.242 e. The Morgan fingerprint density at radius 2 is 1.88 bits per heavy atom. The lowest BCUT2D eigenvalue weighted by Gasteiger charge is -2.37. The normalized spacial score (nSPS) is 15.2. The molecule has 0 aliphatic carbocycles. The number of thioether (sulfide) groups is 1. The Morgan fingerprint density at radius 1 is 1.12 bits per heavy atom. The van der Waals surface area contributed by atoms with Gasteiger partial charge in [0.05, 0.1) is 18.3 Å². The zero-order valence-corrected chi connectivity index (χ0v) is 21.0. The Morgan fingerprint density at radius 3 is 2.61 bits per heavy atom. The second-order valence-electron chi connectivity index (χ2n) is 8.01. The van der Waals surface area contributed by atoms with Crippen LogP contribution < -0.4 is 0 Å². The number of hydrogen-bond acceptors (Lipinski definition) is 4. The molecule has 33 heavy (non-hydrogen) atoms. The number of amides is 2. The zero-order chi connectivity index (χ0) is 23.2. The summed E-state index contributed by atoms with van der Waals surface area (Å²) in [4.78, 5) is 32.5. The number of fused-ring (bicyclic) bond motifs is 1. The van der Waals surface area contributed by atoms with Gasteiger partial charge in [-0.2, -0.15) is 0 Å². The van der Waals surface area contributed by atoms with Crippen molar-refractivity contribution in [3.05, 3.63) is 87.1 Å². The van der Waals surface area contributed by atoms with Crippen molar-refractivity contribution in [3.63, 3.8) is 0 Å². The maximum absolute atomic E-state index is 13.5. The topological polar surface area (TPSA) is 40.6 Å². The molecule has 2 amide bonds. The Hall–Kier alpha value is -2.28. The molecule has 3 aromatic rings. The van der Waals surface area contributed by atoms with E-state index in [-0.39, 0.29) is 24.4 Å². The largest absolute Gasteiger partial charge is 0.333 e. The van der Waals surface area contributed by atoms with Crippen molar-refractivity contribution < 1.29 is 9.59 Å². The van der Waals surface area contributed by atoms with Gasteiger partial charge in [-0.3, -0.25) is 9.59 Å². The van der Waals surface area contributed by atoms with Crippen molar-refractivity contribution in [2.75, 3.05) is 25.4 Å². The standard InChI is InChI=1S/C26H27ClN2O2S2/c1-2-14-28(25(31)18-33-21-6-4-3-5-7-21)17-24(30)29-15-12-23-22(13-16-32-23)26(29)19-8-10-20(27)11-9-19/h3-11,13,16,26H,2,12,14-15,17-18H2,1H3. The van der Waals surface area contributed by atoms with E-state index in [0.29, 0.717) is 23.9 Å². The summed E-state index contributed by atoms with van der Waals surface area (Å²) in [5.41, 5.74) is 2.22. The number of carbonyl (C=O) groups is 2. The second-order valence-corrected chi connectivity index (χ2v) is 10.5. The summed E-state index contributed by atoms with van der Waals surface area (Å²) < 4.78 is 0. The van der Waals surface area contributed by atoms with Crippen molar-refractivity contribution in [3.8, 4) is 0 Å². The molecular weight excluding hydrogens is 472 g/mol. The molecular formula is C26H27ClN2O2S2. The first-order valence-electron chi connectivity index (χ1n) is 11.1. The quantitative estimate of drug-likeness (QED) is 0.363. The first-order chi connectivity index (χ1) is 16.1. The smallest absolute Gasteiger partial charge is 0.242 e. The molecule has 1 unspecified atom stereocenters. The van der Waals surface area contributed by atoms with Crippen molar-refractivity contribution in [2.45, 2.75) is 30.7 Å². The van der Waals surface area contributed by atoms with E-state index in [1.54, 1.807) is 16.2 Å². The average molecular weight is 499 g/mol. The van der Waals surface area contributed by atoms with Crippen LogP contribution in [0.3, 0.4) is 0 Å². The summed E-state index contributed by atoms with van der Waals surface area (Å²) in [6.07, 6.45) is 1.65. The van der Waals surface area contributed by atoms with Gasteiger partial charge in [0.15, 0.2) is 0 Å². The minimum atomic E-state index is -0.151. The molecule has 0 saturated carbocycles. The van der Waals surface area contributed by atoms with E-state index in [9.17, 15) is 9.59 Å². The highest BCUT2D eigenvalue weighted by atomic mass is 35.5. The summed E-state index contributed by atoms with van der Waals surface area (Å²) in [5, 5.41) is 2.77. The number of carbonyl (C=O) groups excluding carboxylic acids is 2. The highest BCUT2D eigenvalue weighted by Gasteiger charge is 2.33. The van der Waals surface area contributed by atoms with E-state index >= 15 is 0 Å². The molecule has 1 aliphatic heterocycles. The summed E-state index contributed by atoms with van der Waals surface area (Å²) >= 11 is 9.37. The summed E-state index contributed by atoms with van der Waals surface area (Å²) in [5.74, 6) is 0.306. The highest BCUT2D eigenvalue weighted by molar-refractivity contribution is 8.00. The van der Waals surface area contributed by atoms with E-state index in [4.69, 9.17) is 11.6 Å². The van der Waals surface area contributed by atoms with Crippen LogP contribution in [0.15, 0.2) is 70.9 Å². The molecule has 0 saturated heterocycles. The molecule has 2 aromatic carbocycles. The first-order valence-corrected chi connectivity index (χ1v) is 13.4. The molecule has 4 nitrogen and oxygen atoms in total. The molecule has 172 valence electrons. The number of halogens is 1.